The second-order valence-electron chi connectivity index (χ2n) is 5.48. The molecule has 0 amide bonds. The molecule has 0 aliphatic carbocycles. The highest BCUT2D eigenvalue weighted by Crippen LogP contribution is 2.14. The molecule has 122 valence electrons. The highest BCUT2D eigenvalue weighted by molar-refractivity contribution is 5.93. The van der Waals surface area contributed by atoms with Crippen molar-refractivity contribution in [3.63, 3.8) is 0 Å². The van der Waals surface area contributed by atoms with Crippen LogP contribution in [0.2, 0.25) is 0 Å². The number of allylic oxidation sites excluding steroid dienone is 2. The van der Waals surface area contributed by atoms with Gasteiger partial charge in [-0.2, -0.15) is 5.26 Å². The number of rotatable bonds is 8. The Balaban J connectivity index is 2.55. The fourth-order valence-electron chi connectivity index (χ4n) is 2.16. The van der Waals surface area contributed by atoms with E-state index in [1.807, 2.05) is 18.0 Å². The third kappa shape index (κ3) is 5.80. The molecule has 1 heterocycles. The van der Waals surface area contributed by atoms with Crippen LogP contribution < -0.4 is 0 Å². The molecule has 1 unspecified atom stereocenters. The number of carbonyl (C=O) groups excluding carboxylic acids is 1. The normalized spacial score (nSPS) is 18.0. The first-order valence-corrected chi connectivity index (χ1v) is 7.95. The first kappa shape index (κ1) is 18.1. The minimum Gasteiger partial charge on any atom is -0.477 e. The van der Waals surface area contributed by atoms with Gasteiger partial charge in [-0.05, 0) is 24.5 Å². The molecule has 1 aliphatic heterocycles. The van der Waals surface area contributed by atoms with Gasteiger partial charge in [0.15, 0.2) is 5.88 Å². The van der Waals surface area contributed by atoms with Crippen LogP contribution in [0.25, 0.3) is 0 Å². The van der Waals surface area contributed by atoms with Gasteiger partial charge >= 0.3 is 5.97 Å². The van der Waals surface area contributed by atoms with Gasteiger partial charge in [-0.1, -0.05) is 33.1 Å². The molecule has 0 radical (unpaired) electrons. The summed E-state index contributed by atoms with van der Waals surface area (Å²) < 4.78 is 10.7. The predicted octanol–water partition coefficient (Wildman–Crippen LogP) is 3.00. The third-order valence-corrected chi connectivity index (χ3v) is 3.78. The van der Waals surface area contributed by atoms with Crippen molar-refractivity contribution >= 4 is 5.97 Å². The Labute approximate surface area is 133 Å². The molecule has 1 fully saturated rings. The zero-order valence-corrected chi connectivity index (χ0v) is 13.8. The van der Waals surface area contributed by atoms with Gasteiger partial charge in [-0.25, -0.2) is 4.79 Å². The zero-order chi connectivity index (χ0) is 16.4. The molecular weight excluding hydrogens is 280 g/mol. The van der Waals surface area contributed by atoms with Gasteiger partial charge in [0.25, 0.3) is 0 Å². The first-order chi connectivity index (χ1) is 10.6. The largest absolute Gasteiger partial charge is 0.477 e. The molecule has 1 aliphatic rings. The molecule has 0 aromatic carbocycles. The van der Waals surface area contributed by atoms with Gasteiger partial charge in [0.2, 0.25) is 0 Å². The monoisotopic (exact) mass is 306 g/mol. The lowest BCUT2D eigenvalue weighted by Gasteiger charge is -2.14. The Morgan fingerprint density at radius 1 is 1.55 bits per heavy atom. The summed E-state index contributed by atoms with van der Waals surface area (Å²) in [5.41, 5.74) is 0.00162. The van der Waals surface area contributed by atoms with Crippen molar-refractivity contribution in [3.8, 4) is 6.07 Å². The first-order valence-electron chi connectivity index (χ1n) is 7.95. The molecule has 1 rings (SSSR count). The van der Waals surface area contributed by atoms with Crippen LogP contribution in [0, 0.1) is 17.2 Å². The van der Waals surface area contributed by atoms with Crippen LogP contribution in [0.1, 0.15) is 39.5 Å². The predicted molar refractivity (Wildman–Crippen MR) is 84.6 cm³/mol. The van der Waals surface area contributed by atoms with E-state index in [9.17, 15) is 4.79 Å². The van der Waals surface area contributed by atoms with E-state index in [0.29, 0.717) is 25.0 Å². The maximum absolute atomic E-state index is 12.0. The molecule has 0 spiro atoms. The lowest BCUT2D eigenvalue weighted by molar-refractivity contribution is -0.140. The lowest BCUT2D eigenvalue weighted by atomic mass is 10.0. The lowest BCUT2D eigenvalue weighted by Crippen LogP contribution is -2.15. The number of hydrogen-bond acceptors (Lipinski definition) is 5. The minimum absolute atomic E-state index is 0.00162. The maximum Gasteiger partial charge on any atom is 0.348 e. The van der Waals surface area contributed by atoms with Crippen LogP contribution in [0.4, 0.5) is 0 Å². The van der Waals surface area contributed by atoms with Crippen LogP contribution >= 0.6 is 0 Å². The van der Waals surface area contributed by atoms with E-state index in [4.69, 9.17) is 14.7 Å². The van der Waals surface area contributed by atoms with Gasteiger partial charge in [-0.3, -0.25) is 0 Å². The van der Waals surface area contributed by atoms with Crippen molar-refractivity contribution in [2.24, 2.45) is 5.92 Å². The number of likely N-dealkylation sites (N-methyl/N-ethyl adjacent to an activating group) is 1. The number of esters is 1. The van der Waals surface area contributed by atoms with E-state index in [2.05, 4.69) is 13.8 Å². The van der Waals surface area contributed by atoms with E-state index >= 15 is 0 Å². The van der Waals surface area contributed by atoms with E-state index in [1.165, 1.54) is 6.08 Å². The summed E-state index contributed by atoms with van der Waals surface area (Å²) >= 11 is 0. The average molecular weight is 306 g/mol. The summed E-state index contributed by atoms with van der Waals surface area (Å²) in [4.78, 5) is 13.9. The molecule has 0 saturated carbocycles. The summed E-state index contributed by atoms with van der Waals surface area (Å²) in [7, 11) is 1.90. The number of nitrogens with zero attached hydrogens (tertiary/aromatic N) is 2. The van der Waals surface area contributed by atoms with E-state index < -0.39 is 5.97 Å². The second kappa shape index (κ2) is 9.88. The Hall–Kier alpha value is -1.96. The molecule has 22 heavy (non-hydrogen) atoms. The number of unbranched alkanes of at least 4 members (excludes halogenated alkanes) is 1. The number of hydrogen-bond donors (Lipinski definition) is 0. The van der Waals surface area contributed by atoms with Crippen molar-refractivity contribution in [3.05, 3.63) is 23.6 Å². The summed E-state index contributed by atoms with van der Waals surface area (Å²) in [6.07, 6.45) is 7.39. The quantitative estimate of drug-likeness (QED) is 0.392. The maximum atomic E-state index is 12.0. The summed E-state index contributed by atoms with van der Waals surface area (Å²) in [6.45, 7) is 6.04. The molecule has 0 N–H and O–H groups in total. The third-order valence-electron chi connectivity index (χ3n) is 3.78. The molecule has 5 heteroatoms. The SMILES string of the molecule is CCCCC(CC)COC(=O)/C(C#N)=C/C=C1/OCCN1C. The molecule has 0 aromatic heterocycles. The van der Waals surface area contributed by atoms with E-state index in [1.54, 1.807) is 6.08 Å². The second-order valence-corrected chi connectivity index (χ2v) is 5.48. The van der Waals surface area contributed by atoms with Crippen molar-refractivity contribution in [2.75, 3.05) is 26.8 Å². The van der Waals surface area contributed by atoms with Crippen molar-refractivity contribution in [1.82, 2.24) is 4.90 Å². The molecule has 5 nitrogen and oxygen atoms in total. The number of ether oxygens (including phenoxy) is 2. The number of nitriles is 1. The van der Waals surface area contributed by atoms with E-state index in [-0.39, 0.29) is 5.57 Å². The molecular formula is C17H26N2O3. The van der Waals surface area contributed by atoms with Crippen LogP contribution in [0.15, 0.2) is 23.6 Å². The molecule has 0 aromatic rings. The zero-order valence-electron chi connectivity index (χ0n) is 13.8. The van der Waals surface area contributed by atoms with Crippen LogP contribution in [-0.4, -0.2) is 37.7 Å². The van der Waals surface area contributed by atoms with Crippen molar-refractivity contribution < 1.29 is 14.3 Å². The average Bonchev–Trinajstić information content (AvgIpc) is 2.93. The Kier molecular flexibility index (Phi) is 8.13. The van der Waals surface area contributed by atoms with Crippen LogP contribution in [0.5, 0.6) is 0 Å². The molecule has 1 saturated heterocycles. The van der Waals surface area contributed by atoms with Crippen LogP contribution in [0.3, 0.4) is 0 Å². The Morgan fingerprint density at radius 2 is 2.32 bits per heavy atom. The fraction of sp³-hybridized carbons (Fsp3) is 0.647. The van der Waals surface area contributed by atoms with Crippen LogP contribution in [-0.2, 0) is 14.3 Å². The highest BCUT2D eigenvalue weighted by atomic mass is 16.5. The molecule has 0 bridgehead atoms. The minimum atomic E-state index is -0.560. The molecule has 1 atom stereocenters. The van der Waals surface area contributed by atoms with Gasteiger partial charge in [0.1, 0.15) is 18.2 Å². The number of carbonyl (C=O) groups is 1. The Morgan fingerprint density at radius 3 is 2.86 bits per heavy atom. The van der Waals surface area contributed by atoms with Gasteiger partial charge < -0.3 is 14.4 Å². The summed E-state index contributed by atoms with van der Waals surface area (Å²) in [5, 5.41) is 9.10. The summed E-state index contributed by atoms with van der Waals surface area (Å²) in [5.74, 6) is 0.469. The summed E-state index contributed by atoms with van der Waals surface area (Å²) in [6, 6.07) is 1.89. The van der Waals surface area contributed by atoms with Gasteiger partial charge in [-0.15, -0.1) is 0 Å². The Bertz CT molecular complexity index is 463. The van der Waals surface area contributed by atoms with E-state index in [0.717, 1.165) is 32.2 Å². The smallest absolute Gasteiger partial charge is 0.348 e. The fourth-order valence-corrected chi connectivity index (χ4v) is 2.16. The van der Waals surface area contributed by atoms with Crippen molar-refractivity contribution in [2.45, 2.75) is 39.5 Å². The van der Waals surface area contributed by atoms with Crippen molar-refractivity contribution in [1.29, 1.82) is 5.26 Å². The topological polar surface area (TPSA) is 62.6 Å². The standard InChI is InChI=1S/C17H26N2O3/c1-4-6-7-14(5-2)13-22-17(20)15(12-18)8-9-16-19(3)10-11-21-16/h8-9,14H,4-7,10-11,13H2,1-3H3/b15-8+,16-9+. The van der Waals surface area contributed by atoms with Gasteiger partial charge in [0, 0.05) is 7.05 Å². The highest BCUT2D eigenvalue weighted by Gasteiger charge is 2.15. The van der Waals surface area contributed by atoms with Gasteiger partial charge in [0.05, 0.1) is 13.2 Å².